The van der Waals surface area contributed by atoms with Crippen LogP contribution >= 0.6 is 0 Å². The first-order valence-corrected chi connectivity index (χ1v) is 7.61. The van der Waals surface area contributed by atoms with Gasteiger partial charge in [0.15, 0.2) is 0 Å². The van der Waals surface area contributed by atoms with Crippen molar-refractivity contribution in [1.82, 2.24) is 15.1 Å². The summed E-state index contributed by atoms with van der Waals surface area (Å²) in [5.74, 6) is 0. The number of hydrogen-bond acceptors (Lipinski definition) is 3. The van der Waals surface area contributed by atoms with Gasteiger partial charge < -0.3 is 10.1 Å². The third kappa shape index (κ3) is 4.16. The van der Waals surface area contributed by atoms with Crippen molar-refractivity contribution in [2.75, 3.05) is 13.7 Å². The van der Waals surface area contributed by atoms with Crippen molar-refractivity contribution in [1.29, 1.82) is 0 Å². The lowest BCUT2D eigenvalue weighted by Crippen LogP contribution is -2.24. The average Bonchev–Trinajstić information content (AvgIpc) is 3.01. The van der Waals surface area contributed by atoms with E-state index in [1.54, 1.807) is 7.11 Å². The van der Waals surface area contributed by atoms with Crippen molar-refractivity contribution in [2.45, 2.75) is 38.8 Å². The van der Waals surface area contributed by atoms with Crippen LogP contribution in [-0.2, 0) is 4.74 Å². The normalized spacial score (nSPS) is 14.0. The molecule has 2 atom stereocenters. The number of benzene rings is 1. The van der Waals surface area contributed by atoms with Crippen molar-refractivity contribution in [3.8, 4) is 5.69 Å². The molecule has 21 heavy (non-hydrogen) atoms. The summed E-state index contributed by atoms with van der Waals surface area (Å²) in [6.45, 7) is 5.18. The molecule has 1 N–H and O–H groups in total. The molecule has 0 aliphatic heterocycles. The summed E-state index contributed by atoms with van der Waals surface area (Å²) in [6.07, 6.45) is 4.20. The third-order valence-electron chi connectivity index (χ3n) is 3.74. The lowest BCUT2D eigenvalue weighted by molar-refractivity contribution is 0.106. The Kier molecular flexibility index (Phi) is 5.96. The highest BCUT2D eigenvalue weighted by atomic mass is 16.5. The molecule has 0 aliphatic carbocycles. The van der Waals surface area contributed by atoms with Crippen LogP contribution in [0.2, 0.25) is 0 Å². The van der Waals surface area contributed by atoms with Gasteiger partial charge in [0, 0.05) is 19.3 Å². The summed E-state index contributed by atoms with van der Waals surface area (Å²) >= 11 is 0. The van der Waals surface area contributed by atoms with Crippen LogP contribution in [0.1, 0.15) is 38.4 Å². The molecular weight excluding hydrogens is 262 g/mol. The van der Waals surface area contributed by atoms with Gasteiger partial charge in [-0.15, -0.1) is 0 Å². The quantitative estimate of drug-likeness (QED) is 0.809. The largest absolute Gasteiger partial charge is 0.382 e. The Morgan fingerprint density at radius 1 is 1.19 bits per heavy atom. The minimum absolute atomic E-state index is 0.277. The molecule has 114 valence electrons. The van der Waals surface area contributed by atoms with E-state index in [9.17, 15) is 0 Å². The maximum atomic E-state index is 5.36. The molecule has 1 aromatic heterocycles. The molecule has 1 heterocycles. The number of para-hydroxylation sites is 1. The van der Waals surface area contributed by atoms with Gasteiger partial charge in [-0.2, -0.15) is 5.10 Å². The summed E-state index contributed by atoms with van der Waals surface area (Å²) in [5, 5.41) is 8.04. The van der Waals surface area contributed by atoms with E-state index in [-0.39, 0.29) is 12.1 Å². The topological polar surface area (TPSA) is 39.1 Å². The SMILES string of the molecule is CCNC(CCC(C)OC)c1ccnn1-c1ccccc1. The molecule has 0 fully saturated rings. The fourth-order valence-corrected chi connectivity index (χ4v) is 2.48. The van der Waals surface area contributed by atoms with Gasteiger partial charge in [-0.1, -0.05) is 25.1 Å². The second kappa shape index (κ2) is 7.96. The number of ether oxygens (including phenoxy) is 1. The van der Waals surface area contributed by atoms with Crippen molar-refractivity contribution in [3.63, 3.8) is 0 Å². The Labute approximate surface area is 127 Å². The van der Waals surface area contributed by atoms with E-state index in [4.69, 9.17) is 4.74 Å². The van der Waals surface area contributed by atoms with Gasteiger partial charge in [-0.05, 0) is 44.5 Å². The van der Waals surface area contributed by atoms with Crippen LogP contribution in [-0.4, -0.2) is 29.5 Å². The molecule has 0 spiro atoms. The number of nitrogens with one attached hydrogen (secondary N) is 1. The number of nitrogens with zero attached hydrogens (tertiary/aromatic N) is 2. The molecule has 0 aliphatic rings. The molecule has 0 radical (unpaired) electrons. The highest BCUT2D eigenvalue weighted by molar-refractivity contribution is 5.33. The first kappa shape index (κ1) is 15.7. The van der Waals surface area contributed by atoms with E-state index in [0.717, 1.165) is 25.1 Å². The number of methoxy groups -OCH3 is 1. The number of aromatic nitrogens is 2. The maximum Gasteiger partial charge on any atom is 0.0649 e. The van der Waals surface area contributed by atoms with Crippen LogP contribution < -0.4 is 5.32 Å². The summed E-state index contributed by atoms with van der Waals surface area (Å²) in [7, 11) is 1.77. The molecule has 0 saturated carbocycles. The maximum absolute atomic E-state index is 5.36. The van der Waals surface area contributed by atoms with Gasteiger partial charge in [-0.25, -0.2) is 4.68 Å². The Hall–Kier alpha value is -1.65. The Balaban J connectivity index is 2.19. The predicted molar refractivity (Wildman–Crippen MR) is 85.7 cm³/mol. The van der Waals surface area contributed by atoms with Gasteiger partial charge in [0.2, 0.25) is 0 Å². The Bertz CT molecular complexity index is 524. The molecule has 0 saturated heterocycles. The first-order valence-electron chi connectivity index (χ1n) is 7.61. The minimum Gasteiger partial charge on any atom is -0.382 e. The predicted octanol–water partition coefficient (Wildman–Crippen LogP) is 3.34. The molecule has 4 heteroatoms. The van der Waals surface area contributed by atoms with Crippen LogP contribution in [0.3, 0.4) is 0 Å². The zero-order valence-electron chi connectivity index (χ0n) is 13.1. The fraction of sp³-hybridized carbons (Fsp3) is 0.471. The van der Waals surface area contributed by atoms with Crippen LogP contribution in [0.5, 0.6) is 0 Å². The van der Waals surface area contributed by atoms with Gasteiger partial charge in [0.1, 0.15) is 0 Å². The van der Waals surface area contributed by atoms with E-state index >= 15 is 0 Å². The number of hydrogen-bond donors (Lipinski definition) is 1. The van der Waals surface area contributed by atoms with Crippen LogP contribution in [0.15, 0.2) is 42.6 Å². The molecule has 0 amide bonds. The lowest BCUT2D eigenvalue weighted by Gasteiger charge is -2.21. The van der Waals surface area contributed by atoms with E-state index in [2.05, 4.69) is 42.5 Å². The molecule has 4 nitrogen and oxygen atoms in total. The first-order chi connectivity index (χ1) is 10.3. The van der Waals surface area contributed by atoms with Gasteiger partial charge >= 0.3 is 0 Å². The highest BCUT2D eigenvalue weighted by Crippen LogP contribution is 2.22. The molecule has 2 unspecified atom stereocenters. The monoisotopic (exact) mass is 287 g/mol. The Morgan fingerprint density at radius 2 is 1.95 bits per heavy atom. The van der Waals surface area contributed by atoms with E-state index in [0.29, 0.717) is 0 Å². The third-order valence-corrected chi connectivity index (χ3v) is 3.74. The average molecular weight is 287 g/mol. The van der Waals surface area contributed by atoms with Crippen molar-refractivity contribution < 1.29 is 4.74 Å². The standard InChI is InChI=1S/C17H25N3O/c1-4-18-16(11-10-14(2)21-3)17-12-13-19-20(17)15-8-6-5-7-9-15/h5-9,12-14,16,18H,4,10-11H2,1-3H3. The second-order valence-corrected chi connectivity index (χ2v) is 5.24. The molecule has 0 bridgehead atoms. The van der Waals surface area contributed by atoms with E-state index < -0.39 is 0 Å². The van der Waals surface area contributed by atoms with Crippen LogP contribution in [0.25, 0.3) is 5.69 Å². The van der Waals surface area contributed by atoms with Crippen molar-refractivity contribution >= 4 is 0 Å². The summed E-state index contributed by atoms with van der Waals surface area (Å²) < 4.78 is 7.38. The Morgan fingerprint density at radius 3 is 2.62 bits per heavy atom. The van der Waals surface area contributed by atoms with Gasteiger partial charge in [-0.3, -0.25) is 0 Å². The van der Waals surface area contributed by atoms with E-state index in [1.807, 2.05) is 29.1 Å². The summed E-state index contributed by atoms with van der Waals surface area (Å²) in [6, 6.07) is 12.6. The zero-order chi connectivity index (χ0) is 15.1. The van der Waals surface area contributed by atoms with Crippen LogP contribution in [0, 0.1) is 0 Å². The minimum atomic E-state index is 0.277. The van der Waals surface area contributed by atoms with Crippen molar-refractivity contribution in [2.24, 2.45) is 0 Å². The van der Waals surface area contributed by atoms with Gasteiger partial charge in [0.25, 0.3) is 0 Å². The second-order valence-electron chi connectivity index (χ2n) is 5.24. The molecule has 2 aromatic rings. The molecule has 2 rings (SSSR count). The number of rotatable bonds is 8. The summed E-state index contributed by atoms with van der Waals surface area (Å²) in [4.78, 5) is 0. The van der Waals surface area contributed by atoms with Gasteiger partial charge in [0.05, 0.1) is 17.5 Å². The molecular formula is C17H25N3O. The highest BCUT2D eigenvalue weighted by Gasteiger charge is 2.17. The van der Waals surface area contributed by atoms with Crippen LogP contribution in [0.4, 0.5) is 0 Å². The summed E-state index contributed by atoms with van der Waals surface area (Å²) in [5.41, 5.74) is 2.30. The lowest BCUT2D eigenvalue weighted by atomic mass is 10.1. The fourth-order valence-electron chi connectivity index (χ4n) is 2.48. The van der Waals surface area contributed by atoms with E-state index in [1.165, 1.54) is 5.69 Å². The zero-order valence-corrected chi connectivity index (χ0v) is 13.1. The van der Waals surface area contributed by atoms with Crippen molar-refractivity contribution in [3.05, 3.63) is 48.3 Å². The molecule has 1 aromatic carbocycles. The smallest absolute Gasteiger partial charge is 0.0649 e.